The number of rotatable bonds is 39. The van der Waals surface area contributed by atoms with E-state index in [1.807, 2.05) is 84.6 Å². The molecule has 1 fully saturated rings. The minimum atomic E-state index is -1.75. The Balaban J connectivity index is 0.936. The van der Waals surface area contributed by atoms with Crippen molar-refractivity contribution in [2.45, 2.75) is 150 Å². The molecule has 0 bridgehead atoms. The Morgan fingerprint density at radius 2 is 1.07 bits per heavy atom. The van der Waals surface area contributed by atoms with E-state index in [1.165, 1.54) is 30.5 Å². The van der Waals surface area contributed by atoms with E-state index in [-0.39, 0.29) is 56.6 Å². The summed E-state index contributed by atoms with van der Waals surface area (Å²) in [6, 6.07) is 46.1. The highest BCUT2D eigenvalue weighted by Gasteiger charge is 2.39. The molecule has 0 saturated carbocycles. The molecule has 26 nitrogen and oxygen atoms in total. The summed E-state index contributed by atoms with van der Waals surface area (Å²) >= 11 is 1.84. The minimum Gasteiger partial charge on any atom is -0.444 e. The molecule has 1 saturated heterocycles. The smallest absolute Gasteiger partial charge is 0.407 e. The molecule has 0 radical (unpaired) electrons. The number of carbonyl (C=O) groups excluding carboxylic acids is 8. The number of aliphatic hydroxyl groups excluding tert-OH is 3. The van der Waals surface area contributed by atoms with Crippen molar-refractivity contribution in [1.82, 2.24) is 52.8 Å². The molecule has 8 amide bonds. The number of hydrogen-bond donors (Lipinski definition) is 13. The number of benzene rings is 6. The van der Waals surface area contributed by atoms with Crippen LogP contribution in [0.1, 0.15) is 93.7 Å². The number of aromatic amines is 1. The molecule has 13 N–H and O–H groups in total. The number of H-pyrrole nitrogens is 1. The maximum atomic E-state index is 15.3. The fraction of sp³-hybridized carbons (Fsp3) is 0.452. The van der Waals surface area contributed by atoms with Crippen molar-refractivity contribution in [2.75, 3.05) is 89.8 Å². The Hall–Kier alpha value is -8.85. The average Bonchev–Trinajstić information content (AvgIpc) is 1.07. The molecule has 10 atom stereocenters. The van der Waals surface area contributed by atoms with Crippen LogP contribution in [0.3, 0.4) is 0 Å². The van der Waals surface area contributed by atoms with Gasteiger partial charge in [-0.25, -0.2) is 4.79 Å². The fourth-order valence-electron chi connectivity index (χ4n) is 12.6. The summed E-state index contributed by atoms with van der Waals surface area (Å²) in [5.41, 5.74) is 5.58. The highest BCUT2D eigenvalue weighted by atomic mass is 33.1. The van der Waals surface area contributed by atoms with Crippen LogP contribution in [-0.4, -0.2) is 224 Å². The van der Waals surface area contributed by atoms with E-state index in [0.717, 1.165) is 43.8 Å². The number of ether oxygens (including phenoxy) is 5. The molecule has 0 spiro atoms. The minimum absolute atomic E-state index is 0.0933. The zero-order chi connectivity index (χ0) is 80.8. The molecule has 6 aromatic carbocycles. The van der Waals surface area contributed by atoms with Crippen molar-refractivity contribution < 1.29 is 77.4 Å². The van der Waals surface area contributed by atoms with Gasteiger partial charge in [0.2, 0.25) is 41.4 Å². The van der Waals surface area contributed by atoms with E-state index < -0.39 is 125 Å². The van der Waals surface area contributed by atoms with Crippen LogP contribution in [0.25, 0.3) is 10.9 Å². The molecule has 113 heavy (non-hydrogen) atoms. The third kappa shape index (κ3) is 29.8. The van der Waals surface area contributed by atoms with Gasteiger partial charge in [0.25, 0.3) is 0 Å². The van der Waals surface area contributed by atoms with Crippen LogP contribution in [0.2, 0.25) is 0 Å². The number of aromatic nitrogens is 1. The van der Waals surface area contributed by atoms with Crippen molar-refractivity contribution in [3.05, 3.63) is 216 Å². The van der Waals surface area contributed by atoms with Crippen molar-refractivity contribution in [2.24, 2.45) is 0 Å². The summed E-state index contributed by atoms with van der Waals surface area (Å²) in [4.78, 5) is 120. The topological polar surface area (TPSA) is 367 Å². The standard InChI is InChI=1S/C84H110N10O16S3/c1-57(96)71(54-95)91-80(103)73-56-113-112-55-72(92-76(99)68(50-59-26-11-6-12-27-59)85-40-25-41-106-42-43-107-44-45-108-46-47-109-48-49-111-84(62-30-15-8-16-31-62,63-32-17-9-18-33-63)64-34-19-10-20-35-64)79(102)89-69(51-60-28-13-7-14-29-60)77(100)90-70(52-61-53-87-66-37-22-21-36-65(61)66)78(101)88-67(75(98)94-74(58(2)97)81(104)93-73)38-23-24-39-86-82(105)110-83(3,4)5/h6-22,26-37,53,57-58,67-74,85,87,95-97H,23-25,38-52,54-56H2,1-5H3,(H,86,105)(H,88,101)(H,89,102)(H,90,100)(H,91,103)(H,92,99)(H,93,104)(H,94,98)/t57-,58-,67+,68-,69+,70-,71-,72+,73+,74+/m1/s1. The molecule has 0 unspecified atom stereocenters. The molecule has 1 aliphatic heterocycles. The summed E-state index contributed by atoms with van der Waals surface area (Å²) in [6.45, 7) is 10.5. The van der Waals surface area contributed by atoms with Gasteiger partial charge in [0.05, 0.1) is 81.9 Å². The van der Waals surface area contributed by atoms with Gasteiger partial charge in [-0.2, -0.15) is 0 Å². The van der Waals surface area contributed by atoms with E-state index >= 15 is 14.4 Å². The number of alkyl carbamates (subject to hydrolysis) is 1. The van der Waals surface area contributed by atoms with Crippen LogP contribution in [0.15, 0.2) is 182 Å². The first-order chi connectivity index (χ1) is 54.6. The van der Waals surface area contributed by atoms with Crippen LogP contribution >= 0.6 is 33.3 Å². The van der Waals surface area contributed by atoms with Gasteiger partial charge in [0.1, 0.15) is 41.9 Å². The first-order valence-electron chi connectivity index (χ1n) is 38.4. The lowest BCUT2D eigenvalue weighted by Crippen LogP contribution is -2.62. The van der Waals surface area contributed by atoms with Crippen LogP contribution in [0.5, 0.6) is 0 Å². The SMILES string of the molecule is C[C@@H](O)[C@@H]1NC(=O)[C@H](CCCCNC(=O)OC(C)(C)C)NC(=O)[C@@H](Cc2c[nH]c3ccccc23)NC(=O)[C@H](Cc2ccccc2)NC(=O)[C@@H](NC(=O)[C@@H](Cc2ccccc2)NCCCOCCOCCOCCOCCSC(c2ccccc2)(c2ccccc2)c2ccccc2)CSSC[C@@H](C(=O)N[C@H](CO)[C@@H](C)O)NC1=O. The van der Waals surface area contributed by atoms with Gasteiger partial charge in [-0.1, -0.05) is 191 Å². The maximum Gasteiger partial charge on any atom is 0.407 e. The average molecular weight is 1610 g/mol. The van der Waals surface area contributed by atoms with Gasteiger partial charge >= 0.3 is 6.09 Å². The summed E-state index contributed by atoms with van der Waals surface area (Å²) in [6.07, 6.45) is -0.995. The predicted octanol–water partition coefficient (Wildman–Crippen LogP) is 6.57. The highest BCUT2D eigenvalue weighted by Crippen LogP contribution is 2.48. The van der Waals surface area contributed by atoms with Crippen molar-refractivity contribution in [3.8, 4) is 0 Å². The van der Waals surface area contributed by atoms with Crippen molar-refractivity contribution >= 4 is 91.7 Å². The summed E-state index contributed by atoms with van der Waals surface area (Å²) in [5.74, 6) is -5.51. The number of carbonyl (C=O) groups is 8. The van der Waals surface area contributed by atoms with Gasteiger partial charge in [0.15, 0.2) is 0 Å². The van der Waals surface area contributed by atoms with Crippen LogP contribution in [0.4, 0.5) is 4.79 Å². The van der Waals surface area contributed by atoms with Gasteiger partial charge in [-0.05, 0) is 113 Å². The Bertz CT molecular complexity index is 3940. The third-order valence-electron chi connectivity index (χ3n) is 18.5. The summed E-state index contributed by atoms with van der Waals surface area (Å²) in [5, 5.41) is 57.9. The van der Waals surface area contributed by atoms with Gasteiger partial charge < -0.3 is 91.8 Å². The first-order valence-corrected chi connectivity index (χ1v) is 41.9. The van der Waals surface area contributed by atoms with Crippen molar-refractivity contribution in [1.29, 1.82) is 0 Å². The molecule has 7 aromatic rings. The second-order valence-corrected chi connectivity index (χ2v) is 32.3. The quantitative estimate of drug-likeness (QED) is 0.0110. The van der Waals surface area contributed by atoms with Crippen LogP contribution < -0.4 is 47.9 Å². The first kappa shape index (κ1) is 89.7. The third-order valence-corrected chi connectivity index (χ3v) is 22.4. The lowest BCUT2D eigenvalue weighted by atomic mass is 9.84. The largest absolute Gasteiger partial charge is 0.444 e. The lowest BCUT2D eigenvalue weighted by Gasteiger charge is -2.35. The summed E-state index contributed by atoms with van der Waals surface area (Å²) < 4.78 is 28.6. The van der Waals surface area contributed by atoms with Crippen LogP contribution in [-0.2, 0) is 81.3 Å². The lowest BCUT2D eigenvalue weighted by molar-refractivity contribution is -0.136. The normalized spacial score (nSPS) is 18.9. The number of para-hydroxylation sites is 1. The van der Waals surface area contributed by atoms with Gasteiger partial charge in [-0.15, -0.1) is 11.8 Å². The van der Waals surface area contributed by atoms with E-state index in [2.05, 4.69) is 126 Å². The van der Waals surface area contributed by atoms with Crippen LogP contribution in [0, 0.1) is 0 Å². The molecule has 0 aliphatic carbocycles. The van der Waals surface area contributed by atoms with E-state index in [0.29, 0.717) is 76.9 Å². The Kier molecular flexibility index (Phi) is 37.9. The second-order valence-electron chi connectivity index (χ2n) is 28.4. The van der Waals surface area contributed by atoms with Crippen molar-refractivity contribution in [3.63, 3.8) is 0 Å². The molecule has 1 aliphatic rings. The second kappa shape index (κ2) is 47.7. The Morgan fingerprint density at radius 3 is 1.65 bits per heavy atom. The highest BCUT2D eigenvalue weighted by molar-refractivity contribution is 8.76. The number of fused-ring (bicyclic) bond motifs is 1. The number of amides is 8. The van der Waals surface area contributed by atoms with Gasteiger partial charge in [-0.3, -0.25) is 33.6 Å². The molecule has 29 heteroatoms. The molecular weight excluding hydrogens is 1500 g/mol. The molecular formula is C84H110N10O16S3. The monoisotopic (exact) mass is 1610 g/mol. The number of thioether (sulfide) groups is 1. The van der Waals surface area contributed by atoms with Gasteiger partial charge in [0, 0.05) is 60.4 Å². The summed E-state index contributed by atoms with van der Waals surface area (Å²) in [7, 11) is 2.06. The zero-order valence-electron chi connectivity index (χ0n) is 64.8. The number of nitrogens with one attached hydrogen (secondary N) is 10. The van der Waals surface area contributed by atoms with E-state index in [9.17, 15) is 39.3 Å². The fourth-order valence-corrected chi connectivity index (χ4v) is 16.3. The Labute approximate surface area is 673 Å². The van der Waals surface area contributed by atoms with E-state index in [1.54, 1.807) is 57.3 Å². The predicted molar refractivity (Wildman–Crippen MR) is 441 cm³/mol. The maximum absolute atomic E-state index is 15.3. The molecule has 1 aromatic heterocycles. The van der Waals surface area contributed by atoms with E-state index in [4.69, 9.17) is 23.7 Å². The molecule has 610 valence electrons. The Morgan fingerprint density at radius 1 is 0.558 bits per heavy atom. The molecule has 8 rings (SSSR count). The zero-order valence-corrected chi connectivity index (χ0v) is 67.3. The number of hydrogen-bond acceptors (Lipinski definition) is 20. The molecule has 2 heterocycles. The number of aliphatic hydroxyl groups is 3. The number of unbranched alkanes of at least 4 members (excludes halogenated alkanes) is 1.